The molecular weight excluding hydrogens is 239 g/mol. The maximum Gasteiger partial charge on any atom is 0.276 e. The van der Waals surface area contributed by atoms with Crippen LogP contribution in [-0.4, -0.2) is 18.4 Å². The van der Waals surface area contributed by atoms with Crippen LogP contribution in [0.25, 0.3) is 0 Å². The average Bonchev–Trinajstić information content (AvgIpc) is 3.19. The van der Waals surface area contributed by atoms with E-state index in [0.717, 1.165) is 12.8 Å². The molecule has 1 aliphatic carbocycles. The Kier molecular flexibility index (Phi) is 3.76. The molecule has 0 unspecified atom stereocenters. The summed E-state index contributed by atoms with van der Waals surface area (Å²) in [6.45, 7) is -0.355. The predicted molar refractivity (Wildman–Crippen MR) is 60.9 cm³/mol. The van der Waals surface area contributed by atoms with Crippen LogP contribution in [0.1, 0.15) is 12.8 Å². The monoisotopic (exact) mass is 252 g/mol. The van der Waals surface area contributed by atoms with Crippen molar-refractivity contribution >= 4 is 11.8 Å². The summed E-state index contributed by atoms with van der Waals surface area (Å²) >= 11 is 0. The molecule has 18 heavy (non-hydrogen) atoms. The minimum absolute atomic E-state index is 0.00108. The highest BCUT2D eigenvalue weighted by molar-refractivity contribution is 5.85. The Bertz CT molecular complexity index is 460. The molecular formula is C12H13FN2O3. The zero-order chi connectivity index (χ0) is 13.0. The molecule has 1 aliphatic rings. The molecule has 2 rings (SSSR count). The summed E-state index contributed by atoms with van der Waals surface area (Å²) < 4.78 is 18.1. The number of para-hydroxylation sites is 1. The van der Waals surface area contributed by atoms with Gasteiger partial charge < -0.3 is 4.74 Å². The predicted octanol–water partition coefficient (Wildman–Crippen LogP) is 0.762. The second-order valence-corrected chi connectivity index (χ2v) is 4.03. The minimum Gasteiger partial charge on any atom is -0.481 e. The van der Waals surface area contributed by atoms with Crippen LogP contribution in [0.2, 0.25) is 0 Å². The minimum atomic E-state index is -0.535. The van der Waals surface area contributed by atoms with Crippen LogP contribution in [0.4, 0.5) is 4.39 Å². The van der Waals surface area contributed by atoms with E-state index in [1.54, 1.807) is 6.07 Å². The number of hydrazine groups is 1. The van der Waals surface area contributed by atoms with Crippen molar-refractivity contribution in [2.75, 3.05) is 6.61 Å². The molecule has 1 aromatic rings. The zero-order valence-electron chi connectivity index (χ0n) is 9.61. The summed E-state index contributed by atoms with van der Waals surface area (Å²) in [4.78, 5) is 22.5. The van der Waals surface area contributed by atoms with Gasteiger partial charge in [-0.2, -0.15) is 0 Å². The summed E-state index contributed by atoms with van der Waals surface area (Å²) in [5.74, 6) is -1.26. The average molecular weight is 252 g/mol. The van der Waals surface area contributed by atoms with Gasteiger partial charge in [-0.05, 0) is 25.0 Å². The molecule has 2 amide bonds. The Labute approximate surface area is 103 Å². The molecule has 0 heterocycles. The van der Waals surface area contributed by atoms with Gasteiger partial charge in [0.25, 0.3) is 5.91 Å². The summed E-state index contributed by atoms with van der Waals surface area (Å²) in [5, 5.41) is 0. The molecule has 2 N–H and O–H groups in total. The third-order valence-corrected chi connectivity index (χ3v) is 2.47. The number of rotatable bonds is 4. The number of nitrogens with one attached hydrogen (secondary N) is 2. The van der Waals surface area contributed by atoms with Crippen LogP contribution in [0.15, 0.2) is 24.3 Å². The maximum absolute atomic E-state index is 13.1. The molecule has 0 saturated heterocycles. The van der Waals surface area contributed by atoms with E-state index in [2.05, 4.69) is 10.9 Å². The van der Waals surface area contributed by atoms with Crippen LogP contribution in [0.3, 0.4) is 0 Å². The van der Waals surface area contributed by atoms with Crippen LogP contribution >= 0.6 is 0 Å². The van der Waals surface area contributed by atoms with Crippen molar-refractivity contribution in [2.45, 2.75) is 12.8 Å². The van der Waals surface area contributed by atoms with Gasteiger partial charge in [-0.3, -0.25) is 20.4 Å². The van der Waals surface area contributed by atoms with Crippen LogP contribution < -0.4 is 15.6 Å². The molecule has 0 bridgehead atoms. The molecule has 1 aromatic carbocycles. The third-order valence-electron chi connectivity index (χ3n) is 2.47. The Morgan fingerprint density at radius 2 is 2.00 bits per heavy atom. The fourth-order valence-electron chi connectivity index (χ4n) is 1.32. The lowest BCUT2D eigenvalue weighted by molar-refractivity contribution is -0.130. The molecule has 0 atom stereocenters. The Morgan fingerprint density at radius 1 is 1.28 bits per heavy atom. The largest absolute Gasteiger partial charge is 0.481 e. The second-order valence-electron chi connectivity index (χ2n) is 4.03. The van der Waals surface area contributed by atoms with Gasteiger partial charge in [0.15, 0.2) is 18.2 Å². The van der Waals surface area contributed by atoms with Crippen molar-refractivity contribution in [3.05, 3.63) is 30.1 Å². The van der Waals surface area contributed by atoms with E-state index in [1.807, 2.05) is 0 Å². The van der Waals surface area contributed by atoms with Gasteiger partial charge in [0.1, 0.15) is 0 Å². The lowest BCUT2D eigenvalue weighted by Crippen LogP contribution is -2.44. The topological polar surface area (TPSA) is 67.4 Å². The molecule has 96 valence electrons. The van der Waals surface area contributed by atoms with Crippen LogP contribution in [0, 0.1) is 11.7 Å². The SMILES string of the molecule is O=C(COc1ccccc1F)NNC(=O)C1CC1. The van der Waals surface area contributed by atoms with Gasteiger partial charge >= 0.3 is 0 Å². The highest BCUT2D eigenvalue weighted by Crippen LogP contribution is 2.28. The van der Waals surface area contributed by atoms with E-state index in [9.17, 15) is 14.0 Å². The first-order chi connectivity index (χ1) is 8.66. The summed E-state index contributed by atoms with van der Waals surface area (Å²) in [6, 6.07) is 5.79. The lowest BCUT2D eigenvalue weighted by atomic mass is 10.3. The van der Waals surface area contributed by atoms with Crippen LogP contribution in [-0.2, 0) is 9.59 Å². The molecule has 1 fully saturated rings. The molecule has 5 nitrogen and oxygen atoms in total. The van der Waals surface area contributed by atoms with Gasteiger partial charge in [0, 0.05) is 5.92 Å². The molecule has 0 radical (unpaired) electrons. The standard InChI is InChI=1S/C12H13FN2O3/c13-9-3-1-2-4-10(9)18-7-11(16)14-15-12(17)8-5-6-8/h1-4,8H,5-7H2,(H,14,16)(H,15,17). The smallest absolute Gasteiger partial charge is 0.276 e. The van der Waals surface area contributed by atoms with Gasteiger partial charge in [0.05, 0.1) is 0 Å². The number of carbonyl (C=O) groups is 2. The van der Waals surface area contributed by atoms with Crippen molar-refractivity contribution in [3.8, 4) is 5.75 Å². The second kappa shape index (κ2) is 5.48. The zero-order valence-corrected chi connectivity index (χ0v) is 9.61. The summed E-state index contributed by atoms with van der Waals surface area (Å²) in [5.41, 5.74) is 4.49. The van der Waals surface area contributed by atoms with E-state index in [0.29, 0.717) is 0 Å². The number of benzene rings is 1. The molecule has 0 spiro atoms. The van der Waals surface area contributed by atoms with Crippen molar-refractivity contribution in [3.63, 3.8) is 0 Å². The van der Waals surface area contributed by atoms with E-state index in [4.69, 9.17) is 4.74 Å². The quantitative estimate of drug-likeness (QED) is 0.777. The highest BCUT2D eigenvalue weighted by Gasteiger charge is 2.29. The fraction of sp³-hybridized carbons (Fsp3) is 0.333. The van der Waals surface area contributed by atoms with Crippen molar-refractivity contribution in [1.29, 1.82) is 0 Å². The molecule has 1 saturated carbocycles. The summed E-state index contributed by atoms with van der Waals surface area (Å²) in [6.07, 6.45) is 1.71. The van der Waals surface area contributed by atoms with E-state index >= 15 is 0 Å². The fourth-order valence-corrected chi connectivity index (χ4v) is 1.32. The number of ether oxygens (including phenoxy) is 1. The molecule has 6 heteroatoms. The number of carbonyl (C=O) groups excluding carboxylic acids is 2. The van der Waals surface area contributed by atoms with Crippen molar-refractivity contribution in [1.82, 2.24) is 10.9 Å². The van der Waals surface area contributed by atoms with Gasteiger partial charge in [-0.25, -0.2) is 4.39 Å². The number of hydrogen-bond acceptors (Lipinski definition) is 3. The van der Waals surface area contributed by atoms with E-state index < -0.39 is 11.7 Å². The normalized spacial score (nSPS) is 13.8. The first-order valence-electron chi connectivity index (χ1n) is 5.63. The number of amides is 2. The van der Waals surface area contributed by atoms with Gasteiger partial charge in [-0.1, -0.05) is 12.1 Å². The number of hydrogen-bond donors (Lipinski definition) is 2. The third kappa shape index (κ3) is 3.44. The highest BCUT2D eigenvalue weighted by atomic mass is 19.1. The van der Waals surface area contributed by atoms with E-state index in [-0.39, 0.29) is 24.2 Å². The Hall–Kier alpha value is -2.11. The van der Waals surface area contributed by atoms with Gasteiger partial charge in [-0.15, -0.1) is 0 Å². The molecule has 0 aliphatic heterocycles. The van der Waals surface area contributed by atoms with Gasteiger partial charge in [0.2, 0.25) is 5.91 Å². The number of halogens is 1. The Balaban J connectivity index is 1.71. The lowest BCUT2D eigenvalue weighted by Gasteiger charge is -2.08. The Morgan fingerprint density at radius 3 is 2.67 bits per heavy atom. The van der Waals surface area contributed by atoms with Crippen LogP contribution in [0.5, 0.6) is 5.75 Å². The first-order valence-corrected chi connectivity index (χ1v) is 5.63. The summed E-state index contributed by atoms with van der Waals surface area (Å²) in [7, 11) is 0. The van der Waals surface area contributed by atoms with Crippen molar-refractivity contribution < 1.29 is 18.7 Å². The maximum atomic E-state index is 13.1. The van der Waals surface area contributed by atoms with E-state index in [1.165, 1.54) is 18.2 Å². The first kappa shape index (κ1) is 12.3. The van der Waals surface area contributed by atoms with Crippen molar-refractivity contribution in [2.24, 2.45) is 5.92 Å². The molecule has 0 aromatic heterocycles.